The van der Waals surface area contributed by atoms with Crippen molar-refractivity contribution in [2.24, 2.45) is 0 Å². The highest BCUT2D eigenvalue weighted by Gasteiger charge is 2.23. The second-order valence-electron chi connectivity index (χ2n) is 4.19. The summed E-state index contributed by atoms with van der Waals surface area (Å²) in [4.78, 5) is 2.34. The Labute approximate surface area is 90.5 Å². The van der Waals surface area contributed by atoms with Crippen molar-refractivity contribution in [2.75, 3.05) is 18.9 Å². The lowest BCUT2D eigenvalue weighted by molar-refractivity contribution is 0.153. The molecule has 1 aliphatic heterocycles. The van der Waals surface area contributed by atoms with E-state index >= 15 is 0 Å². The number of aliphatic hydroxyl groups excluding tert-OH is 1. The molecule has 0 aliphatic carbocycles. The summed E-state index contributed by atoms with van der Waals surface area (Å²) >= 11 is 0. The largest absolute Gasteiger partial charge is 0.399 e. The smallest absolute Gasteiger partial charge is 0.0587 e. The molecule has 1 aromatic rings. The van der Waals surface area contributed by atoms with Gasteiger partial charge in [0.1, 0.15) is 0 Å². The predicted octanol–water partition coefficient (Wildman–Crippen LogP) is 1.23. The molecular formula is C12H18N2O. The van der Waals surface area contributed by atoms with Crippen LogP contribution in [0.4, 0.5) is 5.69 Å². The van der Waals surface area contributed by atoms with Gasteiger partial charge in [-0.1, -0.05) is 12.1 Å². The lowest BCUT2D eigenvalue weighted by Gasteiger charge is -2.22. The molecule has 0 radical (unpaired) electrons. The summed E-state index contributed by atoms with van der Waals surface area (Å²) in [6, 6.07) is 8.32. The number of hydrogen-bond acceptors (Lipinski definition) is 3. The normalized spacial score (nSPS) is 22.1. The van der Waals surface area contributed by atoms with E-state index in [0.717, 1.165) is 25.2 Å². The van der Waals surface area contributed by atoms with Gasteiger partial charge >= 0.3 is 0 Å². The van der Waals surface area contributed by atoms with Crippen LogP contribution in [-0.2, 0) is 6.54 Å². The number of nitrogens with two attached hydrogens (primary N) is 1. The van der Waals surface area contributed by atoms with Crippen LogP contribution in [-0.4, -0.2) is 29.2 Å². The van der Waals surface area contributed by atoms with Crippen LogP contribution in [0.15, 0.2) is 24.3 Å². The summed E-state index contributed by atoms with van der Waals surface area (Å²) in [5, 5.41) is 9.20. The molecule has 3 N–H and O–H groups in total. The number of anilines is 1. The summed E-state index contributed by atoms with van der Waals surface area (Å²) < 4.78 is 0. The topological polar surface area (TPSA) is 49.5 Å². The summed E-state index contributed by atoms with van der Waals surface area (Å²) in [6.45, 7) is 2.29. The minimum atomic E-state index is 0.273. The Morgan fingerprint density at radius 3 is 2.73 bits per heavy atom. The molecule has 1 heterocycles. The summed E-state index contributed by atoms with van der Waals surface area (Å²) in [7, 11) is 0. The van der Waals surface area contributed by atoms with Crippen LogP contribution in [0.2, 0.25) is 0 Å². The van der Waals surface area contributed by atoms with Crippen LogP contribution < -0.4 is 5.73 Å². The van der Waals surface area contributed by atoms with Crippen LogP contribution in [0.5, 0.6) is 0 Å². The maximum atomic E-state index is 9.20. The second-order valence-corrected chi connectivity index (χ2v) is 4.19. The lowest BCUT2D eigenvalue weighted by Crippen LogP contribution is -2.31. The van der Waals surface area contributed by atoms with E-state index < -0.39 is 0 Å². The minimum absolute atomic E-state index is 0.273. The monoisotopic (exact) mass is 206 g/mol. The summed E-state index contributed by atoms with van der Waals surface area (Å²) in [6.07, 6.45) is 2.31. The highest BCUT2D eigenvalue weighted by Crippen LogP contribution is 2.19. The zero-order valence-electron chi connectivity index (χ0n) is 8.89. The zero-order chi connectivity index (χ0) is 10.7. The molecule has 2 rings (SSSR count). The van der Waals surface area contributed by atoms with Crippen molar-refractivity contribution in [1.82, 2.24) is 4.90 Å². The summed E-state index contributed by atoms with van der Waals surface area (Å²) in [5.74, 6) is 0. The lowest BCUT2D eigenvalue weighted by atomic mass is 10.2. The van der Waals surface area contributed by atoms with Gasteiger partial charge < -0.3 is 10.8 Å². The van der Waals surface area contributed by atoms with Gasteiger partial charge in [-0.15, -0.1) is 0 Å². The Balaban J connectivity index is 1.99. The average molecular weight is 206 g/mol. The summed E-state index contributed by atoms with van der Waals surface area (Å²) in [5.41, 5.74) is 7.71. The van der Waals surface area contributed by atoms with Gasteiger partial charge in [0.2, 0.25) is 0 Å². The van der Waals surface area contributed by atoms with Gasteiger partial charge in [0.25, 0.3) is 0 Å². The molecule has 0 aromatic heterocycles. The van der Waals surface area contributed by atoms with Crippen molar-refractivity contribution in [1.29, 1.82) is 0 Å². The molecule has 1 atom stereocenters. The number of rotatable bonds is 3. The first kappa shape index (κ1) is 10.5. The SMILES string of the molecule is Nc1ccc(CN2CCC[C@H]2CO)cc1. The molecule has 1 aromatic carbocycles. The average Bonchev–Trinajstić information content (AvgIpc) is 2.69. The van der Waals surface area contributed by atoms with Gasteiger partial charge in [-0.2, -0.15) is 0 Å². The number of aliphatic hydroxyl groups is 1. The van der Waals surface area contributed by atoms with Crippen LogP contribution in [0.3, 0.4) is 0 Å². The van der Waals surface area contributed by atoms with Gasteiger partial charge in [0, 0.05) is 18.3 Å². The van der Waals surface area contributed by atoms with Crippen molar-refractivity contribution in [3.05, 3.63) is 29.8 Å². The third-order valence-corrected chi connectivity index (χ3v) is 3.08. The maximum Gasteiger partial charge on any atom is 0.0587 e. The van der Waals surface area contributed by atoms with E-state index in [1.807, 2.05) is 12.1 Å². The molecule has 0 amide bonds. The molecule has 0 spiro atoms. The first-order valence-electron chi connectivity index (χ1n) is 5.49. The highest BCUT2D eigenvalue weighted by molar-refractivity contribution is 5.39. The molecule has 1 saturated heterocycles. The van der Waals surface area contributed by atoms with Crippen molar-refractivity contribution in [3.63, 3.8) is 0 Å². The molecule has 0 unspecified atom stereocenters. The Morgan fingerprint density at radius 1 is 1.33 bits per heavy atom. The third-order valence-electron chi connectivity index (χ3n) is 3.08. The second kappa shape index (κ2) is 4.64. The van der Waals surface area contributed by atoms with E-state index in [9.17, 15) is 5.11 Å². The molecule has 0 saturated carbocycles. The predicted molar refractivity (Wildman–Crippen MR) is 61.4 cm³/mol. The molecule has 3 heteroatoms. The molecule has 0 bridgehead atoms. The van der Waals surface area contributed by atoms with E-state index in [4.69, 9.17) is 5.73 Å². The van der Waals surface area contributed by atoms with Crippen molar-refractivity contribution >= 4 is 5.69 Å². The Kier molecular flexibility index (Phi) is 3.23. The maximum absolute atomic E-state index is 9.20. The van der Waals surface area contributed by atoms with Gasteiger partial charge in [-0.3, -0.25) is 4.90 Å². The van der Waals surface area contributed by atoms with Crippen molar-refractivity contribution < 1.29 is 5.11 Å². The number of likely N-dealkylation sites (tertiary alicyclic amines) is 1. The van der Waals surface area contributed by atoms with Crippen LogP contribution in [0.1, 0.15) is 18.4 Å². The Bertz CT molecular complexity index is 310. The van der Waals surface area contributed by atoms with Crippen LogP contribution >= 0.6 is 0 Å². The van der Waals surface area contributed by atoms with E-state index in [1.54, 1.807) is 0 Å². The zero-order valence-corrected chi connectivity index (χ0v) is 8.89. The number of hydrogen-bond donors (Lipinski definition) is 2. The number of benzene rings is 1. The highest BCUT2D eigenvalue weighted by atomic mass is 16.3. The van der Waals surface area contributed by atoms with Crippen molar-refractivity contribution in [2.45, 2.75) is 25.4 Å². The number of nitrogens with zero attached hydrogens (tertiary/aromatic N) is 1. The first-order valence-corrected chi connectivity index (χ1v) is 5.49. The molecule has 82 valence electrons. The molecule has 3 nitrogen and oxygen atoms in total. The quantitative estimate of drug-likeness (QED) is 0.731. The van der Waals surface area contributed by atoms with Crippen LogP contribution in [0, 0.1) is 0 Å². The van der Waals surface area contributed by atoms with Gasteiger partial charge in [0.05, 0.1) is 6.61 Å². The van der Waals surface area contributed by atoms with Gasteiger partial charge in [0.15, 0.2) is 0 Å². The molecule has 1 aliphatic rings. The number of nitrogen functional groups attached to an aromatic ring is 1. The van der Waals surface area contributed by atoms with E-state index in [0.29, 0.717) is 6.04 Å². The minimum Gasteiger partial charge on any atom is -0.399 e. The molecule has 15 heavy (non-hydrogen) atoms. The first-order chi connectivity index (χ1) is 7.29. The molecular weight excluding hydrogens is 188 g/mol. The molecule has 1 fully saturated rings. The fourth-order valence-electron chi connectivity index (χ4n) is 2.17. The van der Waals surface area contributed by atoms with E-state index in [2.05, 4.69) is 17.0 Å². The van der Waals surface area contributed by atoms with E-state index in [-0.39, 0.29) is 6.61 Å². The Hall–Kier alpha value is -1.06. The standard InChI is InChI=1S/C12H18N2O/c13-11-5-3-10(4-6-11)8-14-7-1-2-12(14)9-15/h3-6,12,15H,1-2,7-9,13H2/t12-/m0/s1. The third kappa shape index (κ3) is 2.49. The van der Waals surface area contributed by atoms with E-state index in [1.165, 1.54) is 12.0 Å². The fraction of sp³-hybridized carbons (Fsp3) is 0.500. The van der Waals surface area contributed by atoms with Crippen LogP contribution in [0.25, 0.3) is 0 Å². The Morgan fingerprint density at radius 2 is 2.07 bits per heavy atom. The van der Waals surface area contributed by atoms with Gasteiger partial charge in [-0.25, -0.2) is 0 Å². The van der Waals surface area contributed by atoms with Crippen molar-refractivity contribution in [3.8, 4) is 0 Å². The van der Waals surface area contributed by atoms with Gasteiger partial charge in [-0.05, 0) is 37.1 Å². The fourth-order valence-corrected chi connectivity index (χ4v) is 2.17.